The largest absolute Gasteiger partial charge is 0.355 e. The molecule has 0 fully saturated rings. The van der Waals surface area contributed by atoms with Crippen molar-refractivity contribution in [1.29, 1.82) is 0 Å². The summed E-state index contributed by atoms with van der Waals surface area (Å²) in [6.45, 7) is 0.511. The Bertz CT molecular complexity index is 1790. The lowest BCUT2D eigenvalue weighted by atomic mass is 10.0. The lowest BCUT2D eigenvalue weighted by Crippen LogP contribution is -1.96. The maximum atomic E-state index is 5.84. The minimum absolute atomic E-state index is 0.511. The van der Waals surface area contributed by atoms with E-state index in [9.17, 15) is 0 Å². The van der Waals surface area contributed by atoms with Gasteiger partial charge in [-0.05, 0) is 77.4 Å². The summed E-state index contributed by atoms with van der Waals surface area (Å²) in [6.07, 6.45) is 8.24. The Balaban J connectivity index is 1.55. The van der Waals surface area contributed by atoms with E-state index in [2.05, 4.69) is 119 Å². The number of nitrogens with two attached hydrogens (primary N) is 1. The van der Waals surface area contributed by atoms with Gasteiger partial charge in [0.2, 0.25) is 0 Å². The fourth-order valence-corrected chi connectivity index (χ4v) is 5.09. The fraction of sp³-hybridized carbons (Fsp3) is 0.0303. The highest BCUT2D eigenvalue weighted by Crippen LogP contribution is 2.32. The van der Waals surface area contributed by atoms with E-state index in [1.165, 1.54) is 0 Å². The average molecular weight is 492 g/mol. The summed E-state index contributed by atoms with van der Waals surface area (Å²) in [5, 5.41) is 0. The summed E-state index contributed by atoms with van der Waals surface area (Å²) in [5.74, 6) is 0. The number of hydrogen-bond acceptors (Lipinski definition) is 3. The van der Waals surface area contributed by atoms with E-state index in [-0.39, 0.29) is 0 Å². The SMILES string of the molecule is NCc1ccc(-c2c3nc(cc4ccc([nH]4)c(-c4ccccc4)c4ccc(cc5nc2C=C5)[nH]4)C=C3)cc1. The van der Waals surface area contributed by atoms with E-state index >= 15 is 0 Å². The first-order valence-corrected chi connectivity index (χ1v) is 12.7. The molecule has 0 aliphatic carbocycles. The molecule has 0 radical (unpaired) electrons. The minimum atomic E-state index is 0.511. The second-order valence-corrected chi connectivity index (χ2v) is 9.47. The van der Waals surface area contributed by atoms with Gasteiger partial charge in [0.05, 0.1) is 22.8 Å². The van der Waals surface area contributed by atoms with Gasteiger partial charge >= 0.3 is 0 Å². The van der Waals surface area contributed by atoms with Gasteiger partial charge in [-0.25, -0.2) is 9.97 Å². The zero-order chi connectivity index (χ0) is 25.5. The molecule has 3 aromatic heterocycles. The molecule has 0 spiro atoms. The number of nitrogens with one attached hydrogen (secondary N) is 2. The first-order chi connectivity index (χ1) is 18.7. The monoisotopic (exact) mass is 491 g/mol. The van der Waals surface area contributed by atoms with Crippen molar-refractivity contribution in [3.63, 3.8) is 0 Å². The quantitative estimate of drug-likeness (QED) is 0.240. The highest BCUT2D eigenvalue weighted by molar-refractivity contribution is 5.94. The smallest absolute Gasteiger partial charge is 0.0737 e. The summed E-state index contributed by atoms with van der Waals surface area (Å²) >= 11 is 0. The van der Waals surface area contributed by atoms with Crippen molar-refractivity contribution in [1.82, 2.24) is 19.9 Å². The van der Waals surface area contributed by atoms with Crippen molar-refractivity contribution in [2.45, 2.75) is 6.54 Å². The highest BCUT2D eigenvalue weighted by atomic mass is 14.8. The van der Waals surface area contributed by atoms with Gasteiger partial charge in [-0.2, -0.15) is 0 Å². The van der Waals surface area contributed by atoms with Crippen molar-refractivity contribution in [2.24, 2.45) is 5.73 Å². The van der Waals surface area contributed by atoms with E-state index in [1.54, 1.807) is 0 Å². The Labute approximate surface area is 220 Å². The van der Waals surface area contributed by atoms with Gasteiger partial charge in [0.25, 0.3) is 0 Å². The van der Waals surface area contributed by atoms with Crippen LogP contribution in [0, 0.1) is 0 Å². The molecule has 5 heteroatoms. The van der Waals surface area contributed by atoms with Crippen LogP contribution < -0.4 is 5.73 Å². The molecule has 2 aliphatic rings. The topological polar surface area (TPSA) is 83.4 Å². The van der Waals surface area contributed by atoms with E-state index in [0.29, 0.717) is 6.54 Å². The van der Waals surface area contributed by atoms with Crippen LogP contribution in [0.5, 0.6) is 0 Å². The molecule has 38 heavy (non-hydrogen) atoms. The highest BCUT2D eigenvalue weighted by Gasteiger charge is 2.14. The number of hydrogen-bond donors (Lipinski definition) is 3. The van der Waals surface area contributed by atoms with Crippen molar-refractivity contribution >= 4 is 46.4 Å². The molecule has 0 saturated heterocycles. The molecule has 2 aliphatic heterocycles. The predicted molar refractivity (Wildman–Crippen MR) is 158 cm³/mol. The second kappa shape index (κ2) is 9.14. The fourth-order valence-electron chi connectivity index (χ4n) is 5.09. The van der Waals surface area contributed by atoms with Gasteiger partial charge in [-0.1, -0.05) is 54.6 Å². The molecule has 4 N–H and O–H groups in total. The van der Waals surface area contributed by atoms with Crippen LogP contribution in [0.3, 0.4) is 0 Å². The Hall–Kier alpha value is -5.00. The van der Waals surface area contributed by atoms with Gasteiger partial charge < -0.3 is 15.7 Å². The van der Waals surface area contributed by atoms with Crippen LogP contribution >= 0.6 is 0 Å². The summed E-state index contributed by atoms with van der Waals surface area (Å²) in [7, 11) is 0. The number of aromatic nitrogens is 4. The van der Waals surface area contributed by atoms with Gasteiger partial charge in [0.15, 0.2) is 0 Å². The molecule has 7 rings (SSSR count). The van der Waals surface area contributed by atoms with E-state index in [4.69, 9.17) is 15.7 Å². The number of fused-ring (bicyclic) bond motifs is 8. The lowest BCUT2D eigenvalue weighted by molar-refractivity contribution is 1.07. The Kier molecular flexibility index (Phi) is 5.34. The summed E-state index contributed by atoms with van der Waals surface area (Å²) < 4.78 is 0. The average Bonchev–Trinajstić information content (AvgIpc) is 3.76. The minimum Gasteiger partial charge on any atom is -0.355 e. The Morgan fingerprint density at radius 3 is 1.66 bits per heavy atom. The molecule has 0 amide bonds. The standard InChI is InChI=1S/C33H25N5/c34-20-21-6-8-23(9-7-21)33-30-16-12-26(37-30)18-24-10-14-28(35-24)32(22-4-2-1-3-5-22)29-15-11-25(36-29)19-27-13-17-31(33)38-27/h1-19,35-36H,20,34H2. The third-order valence-electron chi connectivity index (χ3n) is 6.94. The molecule has 0 saturated carbocycles. The molecule has 5 aromatic rings. The first-order valence-electron chi connectivity index (χ1n) is 12.7. The van der Waals surface area contributed by atoms with Crippen LogP contribution in [0.25, 0.3) is 68.6 Å². The summed E-state index contributed by atoms with van der Waals surface area (Å²) in [6, 6.07) is 31.4. The second-order valence-electron chi connectivity index (χ2n) is 9.47. The number of H-pyrrole nitrogens is 2. The number of nitrogens with zero attached hydrogens (tertiary/aromatic N) is 2. The summed E-state index contributed by atoms with van der Waals surface area (Å²) in [5.41, 5.74) is 18.9. The zero-order valence-electron chi connectivity index (χ0n) is 20.6. The molecular formula is C33H25N5. The van der Waals surface area contributed by atoms with Gasteiger partial charge in [-0.15, -0.1) is 0 Å². The lowest BCUT2D eigenvalue weighted by Gasteiger charge is -2.06. The number of aromatic amines is 2. The Morgan fingerprint density at radius 1 is 0.553 bits per heavy atom. The van der Waals surface area contributed by atoms with Crippen LogP contribution in [0.2, 0.25) is 0 Å². The van der Waals surface area contributed by atoms with Crippen LogP contribution in [0.1, 0.15) is 28.3 Å². The maximum Gasteiger partial charge on any atom is 0.0737 e. The van der Waals surface area contributed by atoms with Crippen molar-refractivity contribution in [2.75, 3.05) is 0 Å². The predicted octanol–water partition coefficient (Wildman–Crippen LogP) is 7.45. The molecule has 5 nitrogen and oxygen atoms in total. The molecule has 0 atom stereocenters. The molecule has 0 unspecified atom stereocenters. The normalized spacial score (nSPS) is 12.2. The van der Waals surface area contributed by atoms with Gasteiger partial charge in [0.1, 0.15) is 0 Å². The Morgan fingerprint density at radius 2 is 1.11 bits per heavy atom. The summed E-state index contributed by atoms with van der Waals surface area (Å²) in [4.78, 5) is 17.2. The van der Waals surface area contributed by atoms with Gasteiger partial charge in [0, 0.05) is 39.7 Å². The third kappa shape index (κ3) is 4.05. The van der Waals surface area contributed by atoms with Crippen LogP contribution in [0.4, 0.5) is 0 Å². The van der Waals surface area contributed by atoms with Crippen LogP contribution in [-0.4, -0.2) is 19.9 Å². The zero-order valence-corrected chi connectivity index (χ0v) is 20.6. The molecule has 182 valence electrons. The maximum absolute atomic E-state index is 5.84. The molecule has 5 heterocycles. The van der Waals surface area contributed by atoms with Gasteiger partial charge in [-0.3, -0.25) is 0 Å². The van der Waals surface area contributed by atoms with Crippen molar-refractivity contribution < 1.29 is 0 Å². The molecule has 2 aromatic carbocycles. The third-order valence-corrected chi connectivity index (χ3v) is 6.94. The number of benzene rings is 2. The van der Waals surface area contributed by atoms with E-state index in [0.717, 1.165) is 72.7 Å². The first kappa shape index (κ1) is 22.2. The van der Waals surface area contributed by atoms with Crippen molar-refractivity contribution in [3.8, 4) is 22.3 Å². The van der Waals surface area contributed by atoms with Crippen molar-refractivity contribution in [3.05, 3.63) is 119 Å². The van der Waals surface area contributed by atoms with Crippen LogP contribution in [-0.2, 0) is 6.54 Å². The molecule has 8 bridgehead atoms. The molecular weight excluding hydrogens is 466 g/mol. The van der Waals surface area contributed by atoms with E-state index < -0.39 is 0 Å². The van der Waals surface area contributed by atoms with Crippen LogP contribution in [0.15, 0.2) is 91.0 Å². The van der Waals surface area contributed by atoms with E-state index in [1.807, 2.05) is 6.07 Å². The number of rotatable bonds is 3.